The number of rotatable bonds is 10. The Morgan fingerprint density at radius 2 is 0.455 bits per heavy atom. The molecule has 0 unspecified atom stereocenters. The second kappa shape index (κ2) is 12.5. The molecule has 0 spiro atoms. The van der Waals surface area contributed by atoms with Crippen LogP contribution >= 0.6 is 34.4 Å². The molecular weight excluding hydrogens is 613 g/mol. The molecule has 6 aromatic rings. The molecule has 220 valence electrons. The van der Waals surface area contributed by atoms with Crippen molar-refractivity contribution in [1.82, 2.24) is 0 Å². The molecule has 44 heavy (non-hydrogen) atoms. The fourth-order valence-corrected chi connectivity index (χ4v) is 17.9. The van der Waals surface area contributed by atoms with Gasteiger partial charge in [-0.25, -0.2) is 0 Å². The maximum absolute atomic E-state index is 8.37. The van der Waals surface area contributed by atoms with Gasteiger partial charge in [-0.2, -0.15) is 0 Å². The van der Waals surface area contributed by atoms with E-state index in [0.717, 1.165) is 31.8 Å². The molecule has 0 nitrogen and oxygen atoms in total. The number of benzene rings is 6. The third-order valence-electron chi connectivity index (χ3n) is 8.83. The second-order valence-electron chi connectivity index (χ2n) is 11.2. The van der Waals surface area contributed by atoms with E-state index in [1.807, 2.05) is 0 Å². The quantitative estimate of drug-likeness (QED) is 0.103. The van der Waals surface area contributed by atoms with Gasteiger partial charge in [-0.3, -0.25) is 0 Å². The zero-order chi connectivity index (χ0) is 30.4. The van der Waals surface area contributed by atoms with Gasteiger partial charge in [0.25, 0.3) is 0 Å². The summed E-state index contributed by atoms with van der Waals surface area (Å²) in [4.78, 5) is 0. The summed E-state index contributed by atoms with van der Waals surface area (Å²) in [6.45, 7) is 0. The van der Waals surface area contributed by atoms with Gasteiger partial charge in [-0.05, 0) is 0 Å². The van der Waals surface area contributed by atoms with Gasteiger partial charge in [0.15, 0.2) is 0 Å². The standard InChI is InChI=1S/C40H36Cl2P2/c41-43(35-21-7-1-8-22-35,36-23-9-2-10-24-36,37-25-11-3-12-26-37)33-19-20-34-44(42,38-27-13-4-14-28-38,39-29-15-5-16-30-39)40-31-17-6-18-32-40/h1-32H,33-34H2/b20-19+. The summed E-state index contributed by atoms with van der Waals surface area (Å²) >= 11 is 16.7. The summed E-state index contributed by atoms with van der Waals surface area (Å²) in [7, 11) is 0. The summed E-state index contributed by atoms with van der Waals surface area (Å²) in [5.41, 5.74) is 0. The first kappa shape index (κ1) is 30.5. The summed E-state index contributed by atoms with van der Waals surface area (Å²) in [5.74, 6) is -6.90. The first-order valence-corrected chi connectivity index (χ1v) is 21.6. The average molecular weight is 650 g/mol. The van der Waals surface area contributed by atoms with E-state index in [0.29, 0.717) is 12.3 Å². The topological polar surface area (TPSA) is 0 Å². The molecule has 0 N–H and O–H groups in total. The van der Waals surface area contributed by atoms with Gasteiger partial charge in [0, 0.05) is 0 Å². The van der Waals surface area contributed by atoms with Gasteiger partial charge in [-0.1, -0.05) is 0 Å². The molecule has 0 saturated heterocycles. The molecule has 6 aromatic carbocycles. The molecule has 0 bridgehead atoms. The third-order valence-corrected chi connectivity index (χ3v) is 23.2. The zero-order valence-electron chi connectivity index (χ0n) is 24.5. The van der Waals surface area contributed by atoms with Crippen LogP contribution in [0.25, 0.3) is 0 Å². The van der Waals surface area contributed by atoms with Crippen LogP contribution in [0, 0.1) is 0 Å². The van der Waals surface area contributed by atoms with Crippen molar-refractivity contribution >= 4 is 66.2 Å². The molecular formula is C40H36Cl2P2. The Bertz CT molecular complexity index is 1490. The van der Waals surface area contributed by atoms with Crippen molar-refractivity contribution in [2.24, 2.45) is 0 Å². The maximum atomic E-state index is 8.37. The fraction of sp³-hybridized carbons (Fsp3) is 0.0500. The van der Waals surface area contributed by atoms with Gasteiger partial charge >= 0.3 is 273 Å². The Morgan fingerprint density at radius 1 is 0.295 bits per heavy atom. The molecule has 0 aliphatic rings. The zero-order valence-corrected chi connectivity index (χ0v) is 27.8. The van der Waals surface area contributed by atoms with E-state index < -0.39 is 11.9 Å². The molecule has 0 atom stereocenters. The van der Waals surface area contributed by atoms with Crippen molar-refractivity contribution in [3.63, 3.8) is 0 Å². The van der Waals surface area contributed by atoms with Crippen molar-refractivity contribution in [2.45, 2.75) is 0 Å². The van der Waals surface area contributed by atoms with Crippen LogP contribution in [-0.2, 0) is 0 Å². The van der Waals surface area contributed by atoms with Crippen LogP contribution in [0.2, 0.25) is 0 Å². The molecule has 0 radical (unpaired) electrons. The third kappa shape index (κ3) is 5.05. The molecule has 6 rings (SSSR count). The first-order valence-electron chi connectivity index (χ1n) is 14.9. The summed E-state index contributed by atoms with van der Waals surface area (Å²) in [6, 6.07) is 63.8. The Hall–Kier alpha value is -3.50. The van der Waals surface area contributed by atoms with Crippen LogP contribution in [0.15, 0.2) is 194 Å². The van der Waals surface area contributed by atoms with E-state index in [1.165, 1.54) is 0 Å². The molecule has 0 heterocycles. The van der Waals surface area contributed by atoms with Gasteiger partial charge < -0.3 is 0 Å². The first-order chi connectivity index (χ1) is 21.5. The van der Waals surface area contributed by atoms with Crippen molar-refractivity contribution < 1.29 is 0 Å². The molecule has 0 aliphatic carbocycles. The van der Waals surface area contributed by atoms with Crippen molar-refractivity contribution in [3.05, 3.63) is 194 Å². The summed E-state index contributed by atoms with van der Waals surface area (Å²) < 4.78 is 0. The Balaban J connectivity index is 1.55. The van der Waals surface area contributed by atoms with Crippen LogP contribution in [0.3, 0.4) is 0 Å². The number of hydrogen-bond donors (Lipinski definition) is 0. The molecule has 0 aromatic heterocycles. The number of halogens is 2. The Labute approximate surface area is 271 Å². The van der Waals surface area contributed by atoms with Crippen LogP contribution < -0.4 is 31.8 Å². The minimum absolute atomic E-state index is 0.660. The van der Waals surface area contributed by atoms with Gasteiger partial charge in [0.1, 0.15) is 0 Å². The van der Waals surface area contributed by atoms with Gasteiger partial charge in [0.05, 0.1) is 0 Å². The molecule has 0 amide bonds. The van der Waals surface area contributed by atoms with Crippen molar-refractivity contribution in [1.29, 1.82) is 0 Å². The fourth-order valence-electron chi connectivity index (χ4n) is 6.50. The Kier molecular flexibility index (Phi) is 8.66. The van der Waals surface area contributed by atoms with Crippen molar-refractivity contribution in [3.8, 4) is 0 Å². The van der Waals surface area contributed by atoms with Gasteiger partial charge in [0.2, 0.25) is 0 Å². The predicted molar refractivity (Wildman–Crippen MR) is 201 cm³/mol. The van der Waals surface area contributed by atoms with E-state index in [-0.39, 0.29) is 0 Å². The van der Waals surface area contributed by atoms with Crippen molar-refractivity contribution in [2.75, 3.05) is 12.3 Å². The predicted octanol–water partition coefficient (Wildman–Crippen LogP) is 8.91. The molecule has 4 heteroatoms. The second-order valence-corrected chi connectivity index (χ2v) is 24.3. The SMILES string of the molecule is ClP(C/C=C/CP(Cl)(c1ccccc1)(c1ccccc1)c1ccccc1)(c1ccccc1)(c1ccccc1)c1ccccc1. The van der Waals surface area contributed by atoms with E-state index in [2.05, 4.69) is 194 Å². The normalized spacial score (nSPS) is 13.9. The molecule has 0 saturated carbocycles. The average Bonchev–Trinajstić information content (AvgIpc) is 3.12. The van der Waals surface area contributed by atoms with E-state index in [4.69, 9.17) is 22.5 Å². The number of hydrogen-bond acceptors (Lipinski definition) is 0. The number of allylic oxidation sites excluding steroid dienone is 2. The van der Waals surface area contributed by atoms with Crippen LogP contribution in [0.4, 0.5) is 0 Å². The van der Waals surface area contributed by atoms with Crippen LogP contribution in [0.1, 0.15) is 0 Å². The minimum atomic E-state index is -3.45. The molecule has 0 aliphatic heterocycles. The van der Waals surface area contributed by atoms with Crippen LogP contribution in [0.5, 0.6) is 0 Å². The van der Waals surface area contributed by atoms with Gasteiger partial charge in [-0.15, -0.1) is 0 Å². The van der Waals surface area contributed by atoms with E-state index >= 15 is 0 Å². The van der Waals surface area contributed by atoms with E-state index in [9.17, 15) is 0 Å². The van der Waals surface area contributed by atoms with Crippen LogP contribution in [-0.4, -0.2) is 12.3 Å². The monoisotopic (exact) mass is 648 g/mol. The summed E-state index contributed by atoms with van der Waals surface area (Å²) in [6.07, 6.45) is 5.92. The summed E-state index contributed by atoms with van der Waals surface area (Å²) in [5, 5.41) is 6.92. The van der Waals surface area contributed by atoms with E-state index in [1.54, 1.807) is 0 Å². The molecule has 0 fully saturated rings. The Morgan fingerprint density at radius 3 is 0.614 bits per heavy atom.